The fraction of sp³-hybridized carbons (Fsp3) is 0.571. The molecule has 0 amide bonds. The van der Waals surface area contributed by atoms with Crippen LogP contribution in [0.1, 0.15) is 50.5 Å². The summed E-state index contributed by atoms with van der Waals surface area (Å²) in [6.45, 7) is 11.0. The Morgan fingerprint density at radius 3 is 2.27 bits per heavy atom. The number of benzene rings is 1. The maximum Gasteiger partial charge on any atom is 0.209 e. The highest BCUT2D eigenvalue weighted by Gasteiger charge is 2.20. The van der Waals surface area contributed by atoms with Gasteiger partial charge in [0.1, 0.15) is 12.3 Å². The molecule has 0 radical (unpaired) electrons. The summed E-state index contributed by atoms with van der Waals surface area (Å²) in [7, 11) is 4.90. The van der Waals surface area contributed by atoms with Gasteiger partial charge < -0.3 is 9.47 Å². The first-order valence-electron chi connectivity index (χ1n) is 9.08. The Kier molecular flexibility index (Phi) is 18.0. The summed E-state index contributed by atoms with van der Waals surface area (Å²) < 4.78 is 9.35. The first-order chi connectivity index (χ1) is 12.5. The van der Waals surface area contributed by atoms with Gasteiger partial charge in [-0.1, -0.05) is 52.8 Å². The van der Waals surface area contributed by atoms with E-state index in [9.17, 15) is 4.79 Å². The highest BCUT2D eigenvalue weighted by Crippen LogP contribution is 2.11. The van der Waals surface area contributed by atoms with Gasteiger partial charge in [0.05, 0.1) is 13.7 Å². The number of aryl methyl sites for hydroxylation is 1. The zero-order valence-electron chi connectivity index (χ0n) is 17.7. The maximum atomic E-state index is 10.3. The number of carbonyl (C=O) groups excluding carboxylic acids is 1. The van der Waals surface area contributed by atoms with Gasteiger partial charge in [-0.25, -0.2) is 4.99 Å². The Bertz CT molecular complexity index is 526. The van der Waals surface area contributed by atoms with Crippen LogP contribution >= 0.6 is 0 Å². The van der Waals surface area contributed by atoms with E-state index in [1.54, 1.807) is 21.3 Å². The van der Waals surface area contributed by atoms with Gasteiger partial charge in [-0.05, 0) is 24.0 Å². The van der Waals surface area contributed by atoms with Crippen molar-refractivity contribution in [3.63, 3.8) is 0 Å². The lowest BCUT2D eigenvalue weighted by atomic mass is 10.0. The molecule has 0 saturated carbocycles. The van der Waals surface area contributed by atoms with E-state index in [1.165, 1.54) is 5.56 Å². The SMILES string of the molecule is CC.CCc1cccc(C=O)c1.COC.COC1=NCC=NC1C(C)C. The minimum atomic E-state index is 0.133. The number of aldehydes is 1. The molecule has 0 bridgehead atoms. The van der Waals surface area contributed by atoms with Gasteiger partial charge >= 0.3 is 0 Å². The van der Waals surface area contributed by atoms with Gasteiger partial charge in [-0.2, -0.15) is 0 Å². The zero-order valence-corrected chi connectivity index (χ0v) is 17.7. The van der Waals surface area contributed by atoms with Crippen LogP contribution in [0, 0.1) is 5.92 Å². The molecule has 1 aromatic carbocycles. The van der Waals surface area contributed by atoms with Crippen molar-refractivity contribution >= 4 is 18.4 Å². The Hall–Kier alpha value is -2.01. The lowest BCUT2D eigenvalue weighted by Crippen LogP contribution is -2.29. The standard InChI is InChI=1S/C9H10O.C8H14N2O.C2H6O.C2H6/c1-2-8-4-3-5-9(6-8)7-10;1-6(2)7-8(11-3)10-5-4-9-7;1-3-2;1-2/h3-7H,2H2,1H3;4,6-7H,5H2,1-3H3;1-2H3;1-2H3. The number of ether oxygens (including phenoxy) is 2. The summed E-state index contributed by atoms with van der Waals surface area (Å²) in [6, 6.07) is 7.78. The second-order valence-electron chi connectivity index (χ2n) is 5.53. The summed E-state index contributed by atoms with van der Waals surface area (Å²) in [6.07, 6.45) is 3.70. The zero-order chi connectivity index (χ0) is 20.4. The Morgan fingerprint density at radius 1 is 1.23 bits per heavy atom. The number of rotatable bonds is 3. The molecule has 5 heteroatoms. The Labute approximate surface area is 159 Å². The van der Waals surface area contributed by atoms with Crippen LogP contribution in [0.4, 0.5) is 0 Å². The quantitative estimate of drug-likeness (QED) is 0.742. The van der Waals surface area contributed by atoms with Crippen LogP contribution in [0.3, 0.4) is 0 Å². The normalized spacial score (nSPS) is 14.5. The largest absolute Gasteiger partial charge is 0.483 e. The number of carbonyl (C=O) groups is 1. The lowest BCUT2D eigenvalue weighted by molar-refractivity contribution is 0.112. The van der Waals surface area contributed by atoms with Gasteiger partial charge in [-0.15, -0.1) is 0 Å². The minimum Gasteiger partial charge on any atom is -0.483 e. The Balaban J connectivity index is 0. The molecule has 1 heterocycles. The molecule has 0 fully saturated rings. The highest BCUT2D eigenvalue weighted by molar-refractivity contribution is 5.87. The third kappa shape index (κ3) is 11.5. The van der Waals surface area contributed by atoms with Gasteiger partial charge in [0.2, 0.25) is 5.90 Å². The van der Waals surface area contributed by atoms with Crippen LogP contribution in [0.25, 0.3) is 0 Å². The van der Waals surface area contributed by atoms with Crippen molar-refractivity contribution in [1.29, 1.82) is 0 Å². The molecule has 2 rings (SSSR count). The summed E-state index contributed by atoms with van der Waals surface area (Å²) in [5, 5.41) is 0. The molecule has 0 spiro atoms. The van der Waals surface area contributed by atoms with Crippen molar-refractivity contribution in [3.8, 4) is 0 Å². The van der Waals surface area contributed by atoms with Gasteiger partial charge in [0.25, 0.3) is 0 Å². The van der Waals surface area contributed by atoms with E-state index < -0.39 is 0 Å². The fourth-order valence-corrected chi connectivity index (χ4v) is 1.98. The van der Waals surface area contributed by atoms with E-state index in [4.69, 9.17) is 4.74 Å². The summed E-state index contributed by atoms with van der Waals surface area (Å²) in [5.74, 6) is 1.23. The average molecular weight is 365 g/mol. The average Bonchev–Trinajstić information content (AvgIpc) is 2.70. The van der Waals surface area contributed by atoms with E-state index in [1.807, 2.05) is 44.3 Å². The summed E-state index contributed by atoms with van der Waals surface area (Å²) in [5.41, 5.74) is 1.98. The second-order valence-corrected chi connectivity index (χ2v) is 5.53. The van der Waals surface area contributed by atoms with Gasteiger partial charge in [0, 0.05) is 26.0 Å². The molecule has 26 heavy (non-hydrogen) atoms. The van der Waals surface area contributed by atoms with E-state index >= 15 is 0 Å². The number of methoxy groups -OCH3 is 2. The Morgan fingerprint density at radius 2 is 1.85 bits per heavy atom. The van der Waals surface area contributed by atoms with Crippen molar-refractivity contribution in [1.82, 2.24) is 0 Å². The first kappa shape index (κ1) is 26.2. The molecule has 1 aliphatic rings. The molecule has 0 aliphatic carbocycles. The van der Waals surface area contributed by atoms with E-state index in [0.29, 0.717) is 12.5 Å². The van der Waals surface area contributed by atoms with Crippen molar-refractivity contribution in [2.75, 3.05) is 27.9 Å². The predicted octanol–water partition coefficient (Wildman–Crippen LogP) is 4.49. The third-order valence-electron chi connectivity index (χ3n) is 3.18. The number of hydrogen-bond acceptors (Lipinski definition) is 5. The van der Waals surface area contributed by atoms with Crippen LogP contribution in [-0.2, 0) is 15.9 Å². The molecule has 5 nitrogen and oxygen atoms in total. The second kappa shape index (κ2) is 17.8. The van der Waals surface area contributed by atoms with Crippen LogP contribution in [0.15, 0.2) is 34.3 Å². The van der Waals surface area contributed by atoms with E-state index in [0.717, 1.165) is 24.2 Å². The molecular weight excluding hydrogens is 328 g/mol. The molecule has 0 saturated heterocycles. The van der Waals surface area contributed by atoms with Crippen molar-refractivity contribution in [2.24, 2.45) is 15.9 Å². The third-order valence-corrected chi connectivity index (χ3v) is 3.18. The van der Waals surface area contributed by atoms with Crippen LogP contribution in [-0.4, -0.2) is 52.3 Å². The monoisotopic (exact) mass is 364 g/mol. The fourth-order valence-electron chi connectivity index (χ4n) is 1.98. The lowest BCUT2D eigenvalue weighted by Gasteiger charge is -2.19. The molecule has 0 N–H and O–H groups in total. The van der Waals surface area contributed by atoms with Crippen molar-refractivity contribution < 1.29 is 14.3 Å². The molecule has 1 aromatic rings. The molecule has 0 aromatic heterocycles. The molecular formula is C21H36N2O3. The number of aliphatic imine (C=N–C) groups is 2. The minimum absolute atomic E-state index is 0.133. The van der Waals surface area contributed by atoms with Crippen molar-refractivity contribution in [2.45, 2.75) is 47.1 Å². The summed E-state index contributed by atoms with van der Waals surface area (Å²) in [4.78, 5) is 18.8. The smallest absolute Gasteiger partial charge is 0.209 e. The molecule has 1 aliphatic heterocycles. The molecule has 1 atom stereocenters. The van der Waals surface area contributed by atoms with Crippen LogP contribution in [0.5, 0.6) is 0 Å². The topological polar surface area (TPSA) is 60.2 Å². The van der Waals surface area contributed by atoms with Crippen LogP contribution < -0.4 is 0 Å². The number of nitrogens with zero attached hydrogens (tertiary/aromatic N) is 2. The van der Waals surface area contributed by atoms with E-state index in [-0.39, 0.29) is 6.04 Å². The molecule has 148 valence electrons. The summed E-state index contributed by atoms with van der Waals surface area (Å²) >= 11 is 0. The molecule has 1 unspecified atom stereocenters. The van der Waals surface area contributed by atoms with Gasteiger partial charge in [0.15, 0.2) is 0 Å². The van der Waals surface area contributed by atoms with E-state index in [2.05, 4.69) is 35.5 Å². The first-order valence-corrected chi connectivity index (χ1v) is 9.08. The van der Waals surface area contributed by atoms with Crippen LogP contribution in [0.2, 0.25) is 0 Å². The highest BCUT2D eigenvalue weighted by atomic mass is 16.5. The predicted molar refractivity (Wildman–Crippen MR) is 112 cm³/mol. The number of hydrogen-bond donors (Lipinski definition) is 0. The van der Waals surface area contributed by atoms with Gasteiger partial charge in [-0.3, -0.25) is 9.79 Å². The van der Waals surface area contributed by atoms with Crippen molar-refractivity contribution in [3.05, 3.63) is 35.4 Å². The maximum absolute atomic E-state index is 10.3.